The van der Waals surface area contributed by atoms with Crippen LogP contribution in [0.5, 0.6) is 5.75 Å². The van der Waals surface area contributed by atoms with Crippen molar-refractivity contribution in [2.24, 2.45) is 0 Å². The number of fused-ring (bicyclic) bond motifs is 2. The average Bonchev–Trinajstić information content (AvgIpc) is 3.18. The summed E-state index contributed by atoms with van der Waals surface area (Å²) in [6.07, 6.45) is 0.410. The predicted octanol–water partition coefficient (Wildman–Crippen LogP) is 4.98. The van der Waals surface area contributed by atoms with Crippen LogP contribution in [0.25, 0.3) is 22.2 Å². The van der Waals surface area contributed by atoms with Gasteiger partial charge in [0.05, 0.1) is 7.11 Å². The van der Waals surface area contributed by atoms with Gasteiger partial charge >= 0.3 is 0 Å². The molecule has 2 heterocycles. The first-order valence-corrected chi connectivity index (χ1v) is 9.90. The van der Waals surface area contributed by atoms with Crippen LogP contribution in [0, 0.1) is 0 Å². The lowest BCUT2D eigenvalue weighted by atomic mass is 10.00. The first-order valence-electron chi connectivity index (χ1n) is 9.02. The lowest BCUT2D eigenvalue weighted by Gasteiger charge is -2.23. The molecule has 0 bridgehead atoms. The van der Waals surface area contributed by atoms with Crippen LogP contribution in [-0.4, -0.2) is 27.8 Å². The van der Waals surface area contributed by atoms with E-state index in [1.54, 1.807) is 23.4 Å². The van der Waals surface area contributed by atoms with Gasteiger partial charge in [0.2, 0.25) is 5.91 Å². The number of benzene rings is 3. The minimum atomic E-state index is 0.0162. The van der Waals surface area contributed by atoms with E-state index in [-0.39, 0.29) is 11.2 Å². The van der Waals surface area contributed by atoms with Gasteiger partial charge in [-0.3, -0.25) is 4.79 Å². The summed E-state index contributed by atoms with van der Waals surface area (Å²) in [5, 5.41) is 11.6. The monoisotopic (exact) mass is 387 g/mol. The molecule has 1 aromatic heterocycles. The van der Waals surface area contributed by atoms with Gasteiger partial charge in [0.15, 0.2) is 11.0 Å². The molecular weight excluding hydrogens is 370 g/mol. The predicted molar refractivity (Wildman–Crippen MR) is 110 cm³/mol. The highest BCUT2D eigenvalue weighted by Crippen LogP contribution is 2.44. The van der Waals surface area contributed by atoms with Crippen LogP contribution in [-0.2, 0) is 0 Å². The molecule has 0 radical (unpaired) electrons. The van der Waals surface area contributed by atoms with Crippen molar-refractivity contribution in [3.05, 3.63) is 72.3 Å². The van der Waals surface area contributed by atoms with E-state index < -0.39 is 0 Å². The number of methoxy groups -OCH3 is 1. The summed E-state index contributed by atoms with van der Waals surface area (Å²) in [4.78, 5) is 13.0. The van der Waals surface area contributed by atoms with Gasteiger partial charge in [0.25, 0.3) is 0 Å². The molecule has 1 unspecified atom stereocenters. The minimum Gasteiger partial charge on any atom is -0.497 e. The summed E-state index contributed by atoms with van der Waals surface area (Å²) in [6.45, 7) is 0. The van der Waals surface area contributed by atoms with Crippen LogP contribution in [0.4, 0.5) is 0 Å². The smallest absolute Gasteiger partial charge is 0.235 e. The Morgan fingerprint density at radius 2 is 1.79 bits per heavy atom. The highest BCUT2D eigenvalue weighted by atomic mass is 32.2. The van der Waals surface area contributed by atoms with Gasteiger partial charge < -0.3 is 4.74 Å². The Bertz CT molecular complexity index is 1180. The van der Waals surface area contributed by atoms with Crippen molar-refractivity contribution in [3.63, 3.8) is 0 Å². The van der Waals surface area contributed by atoms with Crippen LogP contribution < -0.4 is 4.74 Å². The maximum absolute atomic E-state index is 13.0. The molecule has 6 heteroatoms. The summed E-state index contributed by atoms with van der Waals surface area (Å²) in [5.41, 5.74) is 2.01. The Morgan fingerprint density at radius 1 is 1.00 bits per heavy atom. The van der Waals surface area contributed by atoms with Crippen LogP contribution in [0.1, 0.15) is 22.0 Å². The number of carbonyl (C=O) groups is 1. The second kappa shape index (κ2) is 6.80. The minimum absolute atomic E-state index is 0.0162. The van der Waals surface area contributed by atoms with E-state index >= 15 is 0 Å². The zero-order chi connectivity index (χ0) is 19.1. The van der Waals surface area contributed by atoms with E-state index in [0.29, 0.717) is 17.4 Å². The fourth-order valence-electron chi connectivity index (χ4n) is 3.62. The van der Waals surface area contributed by atoms with Gasteiger partial charge in [-0.25, -0.2) is 4.57 Å². The molecule has 5 nitrogen and oxygen atoms in total. The molecule has 28 heavy (non-hydrogen) atoms. The quantitative estimate of drug-likeness (QED) is 0.496. The van der Waals surface area contributed by atoms with Crippen LogP contribution in [0.3, 0.4) is 0 Å². The molecule has 138 valence electrons. The fourth-order valence-corrected chi connectivity index (χ4v) is 4.82. The van der Waals surface area contributed by atoms with Crippen LogP contribution in [0.15, 0.2) is 71.9 Å². The molecule has 1 aliphatic heterocycles. The highest BCUT2D eigenvalue weighted by Gasteiger charge is 2.32. The molecule has 4 aromatic rings. The summed E-state index contributed by atoms with van der Waals surface area (Å²) < 4.78 is 6.84. The number of rotatable bonds is 3. The molecule has 1 aliphatic rings. The first kappa shape index (κ1) is 17.0. The Balaban J connectivity index is 1.53. The highest BCUT2D eigenvalue weighted by molar-refractivity contribution is 7.99. The maximum atomic E-state index is 13.0. The van der Waals surface area contributed by atoms with Crippen molar-refractivity contribution in [2.75, 3.05) is 7.11 Å². The fraction of sp³-hybridized carbons (Fsp3) is 0.136. The van der Waals surface area contributed by atoms with Gasteiger partial charge in [-0.1, -0.05) is 54.2 Å². The van der Waals surface area contributed by atoms with E-state index in [9.17, 15) is 4.79 Å². The van der Waals surface area contributed by atoms with Crippen molar-refractivity contribution in [2.45, 2.75) is 16.8 Å². The van der Waals surface area contributed by atoms with Crippen molar-refractivity contribution in [3.8, 4) is 17.1 Å². The van der Waals surface area contributed by atoms with E-state index in [2.05, 4.69) is 34.5 Å². The molecule has 0 saturated heterocycles. The van der Waals surface area contributed by atoms with Gasteiger partial charge in [-0.2, -0.15) is 0 Å². The first-order chi connectivity index (χ1) is 13.7. The number of nitrogens with zero attached hydrogens (tertiary/aromatic N) is 3. The van der Waals surface area contributed by atoms with E-state index in [1.165, 1.54) is 10.8 Å². The average molecular weight is 387 g/mol. The zero-order valence-electron chi connectivity index (χ0n) is 15.2. The summed E-state index contributed by atoms with van der Waals surface area (Å²) >= 11 is 1.60. The molecular formula is C22H17N3O2S. The third-order valence-electron chi connectivity index (χ3n) is 5.01. The van der Waals surface area contributed by atoms with Crippen molar-refractivity contribution in [1.82, 2.24) is 14.8 Å². The number of hydrogen-bond donors (Lipinski definition) is 0. The maximum Gasteiger partial charge on any atom is 0.235 e. The van der Waals surface area contributed by atoms with E-state index in [0.717, 1.165) is 16.9 Å². The molecule has 0 saturated carbocycles. The van der Waals surface area contributed by atoms with E-state index in [4.69, 9.17) is 4.74 Å². The Labute approximate surface area is 166 Å². The molecule has 0 N–H and O–H groups in total. The molecule has 0 fully saturated rings. The van der Waals surface area contributed by atoms with Crippen LogP contribution in [0.2, 0.25) is 0 Å². The second-order valence-corrected chi connectivity index (χ2v) is 7.81. The van der Waals surface area contributed by atoms with Crippen molar-refractivity contribution >= 4 is 28.4 Å². The largest absolute Gasteiger partial charge is 0.497 e. The molecule has 5 rings (SSSR count). The Morgan fingerprint density at radius 3 is 2.61 bits per heavy atom. The SMILES string of the molecule is COc1ccc(-c2nnc3n2C(=O)CC(c2cccc4ccccc24)S3)cc1. The van der Waals surface area contributed by atoms with Gasteiger partial charge in [0.1, 0.15) is 5.75 Å². The standard InChI is InChI=1S/C22H17N3O2S/c1-27-16-11-9-15(10-12-16)21-23-24-22-25(21)20(26)13-19(28-22)18-8-4-6-14-5-2-3-7-17(14)18/h2-12,19H,13H2,1H3. The molecule has 3 aromatic carbocycles. The number of thioether (sulfide) groups is 1. The summed E-state index contributed by atoms with van der Waals surface area (Å²) in [6, 6.07) is 22.0. The third-order valence-corrected chi connectivity index (χ3v) is 6.19. The normalized spacial score (nSPS) is 16.2. The molecule has 1 atom stereocenters. The number of aromatic nitrogens is 3. The van der Waals surface area contributed by atoms with E-state index in [1.807, 2.05) is 42.5 Å². The van der Waals surface area contributed by atoms with Crippen molar-refractivity contribution < 1.29 is 9.53 Å². The van der Waals surface area contributed by atoms with Gasteiger partial charge in [-0.05, 0) is 40.6 Å². The molecule has 0 amide bonds. The number of carbonyl (C=O) groups excluding carboxylic acids is 1. The topological polar surface area (TPSA) is 57.0 Å². The lowest BCUT2D eigenvalue weighted by molar-refractivity contribution is 0.0888. The Hall–Kier alpha value is -3.12. The van der Waals surface area contributed by atoms with Crippen molar-refractivity contribution in [1.29, 1.82) is 0 Å². The Kier molecular flexibility index (Phi) is 4.13. The van der Waals surface area contributed by atoms with Gasteiger partial charge in [-0.15, -0.1) is 10.2 Å². The van der Waals surface area contributed by atoms with Crippen LogP contribution >= 0.6 is 11.8 Å². The molecule has 0 spiro atoms. The molecule has 0 aliphatic carbocycles. The second-order valence-electron chi connectivity index (χ2n) is 6.64. The summed E-state index contributed by atoms with van der Waals surface area (Å²) in [7, 11) is 1.63. The third kappa shape index (κ3) is 2.77. The number of hydrogen-bond acceptors (Lipinski definition) is 5. The van der Waals surface area contributed by atoms with Gasteiger partial charge in [0, 0.05) is 17.2 Å². The lowest BCUT2D eigenvalue weighted by Crippen LogP contribution is -2.20. The number of ether oxygens (including phenoxy) is 1. The summed E-state index contributed by atoms with van der Waals surface area (Å²) in [5.74, 6) is 1.35. The zero-order valence-corrected chi connectivity index (χ0v) is 16.0.